The molecule has 0 fully saturated rings. The summed E-state index contributed by atoms with van der Waals surface area (Å²) in [4.78, 5) is 1.18. The van der Waals surface area contributed by atoms with Gasteiger partial charge in [-0.2, -0.15) is 0 Å². The molecular weight excluding hydrogens is 338 g/mol. The lowest BCUT2D eigenvalue weighted by molar-refractivity contribution is 0.287. The molecule has 1 heterocycles. The Labute approximate surface area is 132 Å². The fraction of sp³-hybridized carbons (Fsp3) is 0.333. The van der Waals surface area contributed by atoms with Crippen molar-refractivity contribution in [3.8, 4) is 11.5 Å². The van der Waals surface area contributed by atoms with Crippen molar-refractivity contribution in [2.24, 2.45) is 0 Å². The van der Waals surface area contributed by atoms with Crippen LogP contribution in [0.3, 0.4) is 0 Å². The van der Waals surface area contributed by atoms with E-state index in [4.69, 9.17) is 9.47 Å². The molecule has 0 aliphatic carbocycles. The first-order chi connectivity index (χ1) is 9.72. The highest BCUT2D eigenvalue weighted by molar-refractivity contribution is 9.11. The van der Waals surface area contributed by atoms with Gasteiger partial charge in [-0.25, -0.2) is 0 Å². The highest BCUT2D eigenvalue weighted by Gasteiger charge is 2.07. The van der Waals surface area contributed by atoms with E-state index in [1.54, 1.807) is 18.4 Å². The smallest absolute Gasteiger partial charge is 0.162 e. The van der Waals surface area contributed by atoms with Crippen LogP contribution in [0, 0.1) is 0 Å². The molecule has 0 aliphatic rings. The zero-order valence-corrected chi connectivity index (χ0v) is 14.0. The monoisotopic (exact) mass is 355 g/mol. The molecule has 0 spiro atoms. The number of ether oxygens (including phenoxy) is 2. The maximum Gasteiger partial charge on any atom is 0.162 e. The largest absolute Gasteiger partial charge is 0.493 e. The molecule has 108 valence electrons. The van der Waals surface area contributed by atoms with Crippen molar-refractivity contribution in [3.63, 3.8) is 0 Å². The third-order valence-electron chi connectivity index (χ3n) is 2.81. The summed E-state index contributed by atoms with van der Waals surface area (Å²) in [5, 5.41) is 3.31. The Balaban J connectivity index is 2.07. The summed E-state index contributed by atoms with van der Waals surface area (Å²) in [6.45, 7) is 4.43. The molecule has 0 atom stereocenters. The van der Waals surface area contributed by atoms with Crippen LogP contribution < -0.4 is 14.8 Å². The Bertz CT molecular complexity index is 557. The number of benzene rings is 1. The van der Waals surface area contributed by atoms with Gasteiger partial charge in [0, 0.05) is 11.4 Å². The number of hydrogen-bond acceptors (Lipinski definition) is 4. The molecule has 1 N–H and O–H groups in total. The summed E-state index contributed by atoms with van der Waals surface area (Å²) in [5.74, 6) is 1.55. The minimum absolute atomic E-state index is 0.553. The molecule has 1 aromatic carbocycles. The van der Waals surface area contributed by atoms with Gasteiger partial charge >= 0.3 is 0 Å². The zero-order chi connectivity index (χ0) is 14.4. The predicted octanol–water partition coefficient (Wildman–Crippen LogP) is 4.21. The van der Waals surface area contributed by atoms with E-state index >= 15 is 0 Å². The molecular formula is C15H18BrNO2S. The Kier molecular flexibility index (Phi) is 5.88. The number of methoxy groups -OCH3 is 1. The summed E-state index contributed by atoms with van der Waals surface area (Å²) in [6.07, 6.45) is 0. The van der Waals surface area contributed by atoms with Gasteiger partial charge in [0.2, 0.25) is 0 Å². The molecule has 0 aliphatic heterocycles. The highest BCUT2D eigenvalue weighted by atomic mass is 79.9. The SMILES string of the molecule is CCNCc1ccc(OC)c(OCc2ccc(Br)s2)c1. The number of nitrogens with one attached hydrogen (secondary N) is 1. The summed E-state index contributed by atoms with van der Waals surface area (Å²) < 4.78 is 12.3. The van der Waals surface area contributed by atoms with Crippen LogP contribution in [0.4, 0.5) is 0 Å². The minimum atomic E-state index is 0.553. The molecule has 0 unspecified atom stereocenters. The van der Waals surface area contributed by atoms with Crippen LogP contribution in [0.25, 0.3) is 0 Å². The fourth-order valence-electron chi connectivity index (χ4n) is 1.79. The molecule has 5 heteroatoms. The molecule has 2 rings (SSSR count). The second-order valence-corrected chi connectivity index (χ2v) is 6.81. The maximum absolute atomic E-state index is 5.88. The summed E-state index contributed by atoms with van der Waals surface area (Å²) in [6, 6.07) is 10.1. The Morgan fingerprint density at radius 1 is 1.20 bits per heavy atom. The van der Waals surface area contributed by atoms with Gasteiger partial charge in [-0.1, -0.05) is 13.0 Å². The van der Waals surface area contributed by atoms with Crippen LogP contribution >= 0.6 is 27.3 Å². The molecule has 2 aromatic rings. The molecule has 0 radical (unpaired) electrons. The van der Waals surface area contributed by atoms with Crippen LogP contribution in [-0.4, -0.2) is 13.7 Å². The van der Waals surface area contributed by atoms with E-state index in [1.807, 2.05) is 18.2 Å². The maximum atomic E-state index is 5.88. The zero-order valence-electron chi connectivity index (χ0n) is 11.6. The lowest BCUT2D eigenvalue weighted by Crippen LogP contribution is -2.11. The van der Waals surface area contributed by atoms with E-state index in [2.05, 4.69) is 40.3 Å². The van der Waals surface area contributed by atoms with Crippen LogP contribution in [0.15, 0.2) is 34.1 Å². The topological polar surface area (TPSA) is 30.5 Å². The van der Waals surface area contributed by atoms with Gasteiger partial charge in [0.1, 0.15) is 6.61 Å². The minimum Gasteiger partial charge on any atom is -0.493 e. The van der Waals surface area contributed by atoms with Gasteiger partial charge < -0.3 is 14.8 Å². The second kappa shape index (κ2) is 7.67. The van der Waals surface area contributed by atoms with E-state index in [0.29, 0.717) is 6.61 Å². The number of thiophene rings is 1. The summed E-state index contributed by atoms with van der Waals surface area (Å²) in [5.41, 5.74) is 1.19. The van der Waals surface area contributed by atoms with Gasteiger partial charge in [0.05, 0.1) is 10.9 Å². The number of hydrogen-bond donors (Lipinski definition) is 1. The van der Waals surface area contributed by atoms with Gasteiger partial charge in [-0.05, 0) is 52.3 Å². The van der Waals surface area contributed by atoms with E-state index in [-0.39, 0.29) is 0 Å². The Morgan fingerprint density at radius 2 is 2.05 bits per heavy atom. The predicted molar refractivity (Wildman–Crippen MR) is 86.7 cm³/mol. The van der Waals surface area contributed by atoms with Crippen molar-refractivity contribution in [1.29, 1.82) is 0 Å². The van der Waals surface area contributed by atoms with Crippen molar-refractivity contribution < 1.29 is 9.47 Å². The Hall–Kier alpha value is -1.04. The van der Waals surface area contributed by atoms with Crippen LogP contribution in [-0.2, 0) is 13.2 Å². The first kappa shape index (κ1) is 15.4. The summed E-state index contributed by atoms with van der Waals surface area (Å²) in [7, 11) is 1.66. The lowest BCUT2D eigenvalue weighted by atomic mass is 10.2. The highest BCUT2D eigenvalue weighted by Crippen LogP contribution is 2.30. The number of halogens is 1. The standard InChI is InChI=1S/C15H18BrNO2S/c1-3-17-9-11-4-6-13(18-2)14(8-11)19-10-12-5-7-15(16)20-12/h4-8,17H,3,9-10H2,1-2H3. The van der Waals surface area contributed by atoms with Crippen LogP contribution in [0.1, 0.15) is 17.4 Å². The molecule has 0 saturated carbocycles. The second-order valence-electron chi connectivity index (χ2n) is 4.26. The van der Waals surface area contributed by atoms with Crippen LogP contribution in [0.2, 0.25) is 0 Å². The van der Waals surface area contributed by atoms with E-state index < -0.39 is 0 Å². The fourth-order valence-corrected chi connectivity index (χ4v) is 3.19. The Morgan fingerprint density at radius 3 is 2.70 bits per heavy atom. The molecule has 1 aromatic heterocycles. The van der Waals surface area contributed by atoms with Gasteiger partial charge in [0.15, 0.2) is 11.5 Å². The average Bonchev–Trinajstić information content (AvgIpc) is 2.88. The third-order valence-corrected chi connectivity index (χ3v) is 4.40. The lowest BCUT2D eigenvalue weighted by Gasteiger charge is -2.12. The molecule has 3 nitrogen and oxygen atoms in total. The van der Waals surface area contributed by atoms with Crippen molar-refractivity contribution in [3.05, 3.63) is 44.6 Å². The third kappa shape index (κ3) is 4.23. The van der Waals surface area contributed by atoms with E-state index in [1.165, 1.54) is 10.4 Å². The van der Waals surface area contributed by atoms with E-state index in [0.717, 1.165) is 28.4 Å². The van der Waals surface area contributed by atoms with Crippen molar-refractivity contribution in [2.75, 3.05) is 13.7 Å². The number of rotatable bonds is 7. The van der Waals surface area contributed by atoms with Crippen molar-refractivity contribution in [1.82, 2.24) is 5.32 Å². The van der Waals surface area contributed by atoms with E-state index in [9.17, 15) is 0 Å². The molecule has 0 saturated heterocycles. The quantitative estimate of drug-likeness (QED) is 0.806. The van der Waals surface area contributed by atoms with Crippen molar-refractivity contribution >= 4 is 27.3 Å². The van der Waals surface area contributed by atoms with Crippen molar-refractivity contribution in [2.45, 2.75) is 20.1 Å². The first-order valence-corrected chi connectivity index (χ1v) is 8.08. The summed E-state index contributed by atoms with van der Waals surface area (Å²) >= 11 is 5.13. The van der Waals surface area contributed by atoms with Gasteiger partial charge in [0.25, 0.3) is 0 Å². The molecule has 20 heavy (non-hydrogen) atoms. The van der Waals surface area contributed by atoms with Gasteiger partial charge in [-0.15, -0.1) is 11.3 Å². The normalized spacial score (nSPS) is 10.6. The average molecular weight is 356 g/mol. The molecule has 0 bridgehead atoms. The first-order valence-electron chi connectivity index (χ1n) is 6.47. The van der Waals surface area contributed by atoms with Crippen LogP contribution in [0.5, 0.6) is 11.5 Å². The van der Waals surface area contributed by atoms with Gasteiger partial charge in [-0.3, -0.25) is 0 Å². The molecule has 0 amide bonds.